The van der Waals surface area contributed by atoms with Gasteiger partial charge in [0, 0.05) is 17.3 Å². The van der Waals surface area contributed by atoms with Crippen molar-refractivity contribution < 1.29 is 13.5 Å². The third-order valence-corrected chi connectivity index (χ3v) is 5.63. The number of fused-ring (bicyclic) bond motifs is 1. The average molecular weight is 307 g/mol. The van der Waals surface area contributed by atoms with Crippen molar-refractivity contribution in [2.45, 2.75) is 29.7 Å². The predicted octanol–water partition coefficient (Wildman–Crippen LogP) is 1.01. The maximum Gasteiger partial charge on any atom is 0.243 e. The lowest BCUT2D eigenvalue weighted by Gasteiger charge is -2.40. The quantitative estimate of drug-likeness (QED) is 0.731. The van der Waals surface area contributed by atoms with Crippen LogP contribution in [0.5, 0.6) is 0 Å². The van der Waals surface area contributed by atoms with Gasteiger partial charge in [-0.25, -0.2) is 13.1 Å². The number of aliphatic hydroxyl groups is 1. The number of hydrogen-bond acceptors (Lipinski definition) is 5. The van der Waals surface area contributed by atoms with E-state index in [4.69, 9.17) is 5.73 Å². The van der Waals surface area contributed by atoms with Crippen molar-refractivity contribution in [3.8, 4) is 0 Å². The highest BCUT2D eigenvalue weighted by atomic mass is 32.2. The van der Waals surface area contributed by atoms with Gasteiger partial charge in [0.05, 0.1) is 17.7 Å². The Morgan fingerprint density at radius 2 is 2.10 bits per heavy atom. The van der Waals surface area contributed by atoms with Gasteiger partial charge in [0.1, 0.15) is 4.90 Å². The maximum absolute atomic E-state index is 12.6. The summed E-state index contributed by atoms with van der Waals surface area (Å²) in [7, 11) is -3.76. The zero-order valence-electron chi connectivity index (χ0n) is 11.4. The van der Waals surface area contributed by atoms with Crippen LogP contribution in [-0.4, -0.2) is 30.7 Å². The number of hydrogen-bond donors (Lipinski definition) is 3. The van der Waals surface area contributed by atoms with E-state index < -0.39 is 15.6 Å². The fourth-order valence-electron chi connectivity index (χ4n) is 2.62. The Hall–Kier alpha value is -1.70. The molecule has 3 rings (SSSR count). The first-order valence-corrected chi connectivity index (χ1v) is 8.24. The molecule has 0 amide bonds. The Kier molecular flexibility index (Phi) is 3.35. The highest BCUT2D eigenvalue weighted by Crippen LogP contribution is 2.34. The van der Waals surface area contributed by atoms with Gasteiger partial charge in [-0.1, -0.05) is 0 Å². The van der Waals surface area contributed by atoms with Gasteiger partial charge in [-0.2, -0.15) is 0 Å². The Labute approximate surface area is 123 Å². The molecule has 112 valence electrons. The molecule has 4 N–H and O–H groups in total. The summed E-state index contributed by atoms with van der Waals surface area (Å²) in [6.45, 7) is -0.202. The Balaban J connectivity index is 2.09. The molecule has 0 bridgehead atoms. The molecule has 1 aliphatic rings. The molecule has 0 radical (unpaired) electrons. The van der Waals surface area contributed by atoms with Crippen molar-refractivity contribution in [2.75, 3.05) is 12.3 Å². The molecule has 0 aliphatic heterocycles. The number of pyridine rings is 1. The second-order valence-electron chi connectivity index (χ2n) is 5.45. The summed E-state index contributed by atoms with van der Waals surface area (Å²) in [6, 6.07) is 6.47. The second kappa shape index (κ2) is 4.94. The number of aliphatic hydroxyl groups excluding tert-OH is 1. The van der Waals surface area contributed by atoms with Crippen LogP contribution in [0, 0.1) is 0 Å². The lowest BCUT2D eigenvalue weighted by molar-refractivity contribution is 0.111. The summed E-state index contributed by atoms with van der Waals surface area (Å²) >= 11 is 0. The number of nitrogens with one attached hydrogen (secondary N) is 1. The molecule has 0 spiro atoms. The monoisotopic (exact) mass is 307 g/mol. The van der Waals surface area contributed by atoms with Gasteiger partial charge in [0.15, 0.2) is 0 Å². The van der Waals surface area contributed by atoms with Gasteiger partial charge in [-0.15, -0.1) is 0 Å². The Morgan fingerprint density at radius 3 is 2.71 bits per heavy atom. The number of rotatable bonds is 4. The fourth-order valence-corrected chi connectivity index (χ4v) is 4.23. The van der Waals surface area contributed by atoms with Crippen LogP contribution < -0.4 is 10.5 Å². The minimum atomic E-state index is -3.76. The summed E-state index contributed by atoms with van der Waals surface area (Å²) in [5.74, 6) is 0. The van der Waals surface area contributed by atoms with E-state index in [0.717, 1.165) is 6.42 Å². The number of benzene rings is 1. The van der Waals surface area contributed by atoms with Crippen LogP contribution in [0.1, 0.15) is 19.3 Å². The van der Waals surface area contributed by atoms with E-state index in [1.807, 2.05) is 0 Å². The Morgan fingerprint density at radius 1 is 1.33 bits per heavy atom. The maximum atomic E-state index is 12.6. The number of anilines is 1. The van der Waals surface area contributed by atoms with Crippen LogP contribution in [0.25, 0.3) is 10.9 Å². The molecule has 1 heterocycles. The number of nitrogens with zero attached hydrogens (tertiary/aromatic N) is 1. The standard InChI is InChI=1S/C14H17N3O3S/c15-11-4-5-12(13-10(11)3-1-8-16-13)21(19,20)17-14(9-18)6-2-7-14/h1,3-5,8,17-18H,2,6-7,9,15H2. The number of aromatic nitrogens is 1. The summed E-state index contributed by atoms with van der Waals surface area (Å²) < 4.78 is 27.9. The highest BCUT2D eigenvalue weighted by Gasteiger charge is 2.40. The average Bonchev–Trinajstić information content (AvgIpc) is 2.43. The van der Waals surface area contributed by atoms with E-state index in [-0.39, 0.29) is 11.5 Å². The van der Waals surface area contributed by atoms with Gasteiger partial charge in [0.2, 0.25) is 10.0 Å². The lowest BCUT2D eigenvalue weighted by atomic mass is 9.78. The van der Waals surface area contributed by atoms with Crippen molar-refractivity contribution in [2.24, 2.45) is 0 Å². The van der Waals surface area contributed by atoms with Crippen LogP contribution in [-0.2, 0) is 10.0 Å². The molecule has 0 unspecified atom stereocenters. The first-order valence-electron chi connectivity index (χ1n) is 6.75. The van der Waals surface area contributed by atoms with Crippen LogP contribution >= 0.6 is 0 Å². The fraction of sp³-hybridized carbons (Fsp3) is 0.357. The zero-order chi connectivity index (χ0) is 15.1. The SMILES string of the molecule is Nc1ccc(S(=O)(=O)NC2(CO)CCC2)c2ncccc12. The third kappa shape index (κ3) is 2.37. The molecular weight excluding hydrogens is 290 g/mol. The molecule has 0 saturated heterocycles. The minimum absolute atomic E-state index is 0.0898. The van der Waals surface area contributed by atoms with Crippen LogP contribution in [0.4, 0.5) is 5.69 Å². The van der Waals surface area contributed by atoms with Crippen LogP contribution in [0.2, 0.25) is 0 Å². The lowest BCUT2D eigenvalue weighted by Crippen LogP contribution is -2.55. The molecule has 21 heavy (non-hydrogen) atoms. The highest BCUT2D eigenvalue weighted by molar-refractivity contribution is 7.89. The summed E-state index contributed by atoms with van der Waals surface area (Å²) in [5.41, 5.74) is 5.96. The zero-order valence-corrected chi connectivity index (χ0v) is 12.2. The first-order chi connectivity index (χ1) is 9.97. The molecule has 1 aliphatic carbocycles. The smallest absolute Gasteiger partial charge is 0.243 e. The molecule has 1 aromatic heterocycles. The van der Waals surface area contributed by atoms with E-state index in [0.29, 0.717) is 29.4 Å². The van der Waals surface area contributed by atoms with Gasteiger partial charge in [-0.3, -0.25) is 4.98 Å². The van der Waals surface area contributed by atoms with Crippen molar-refractivity contribution >= 4 is 26.6 Å². The van der Waals surface area contributed by atoms with Gasteiger partial charge < -0.3 is 10.8 Å². The van der Waals surface area contributed by atoms with Gasteiger partial charge >= 0.3 is 0 Å². The normalized spacial score (nSPS) is 17.6. The summed E-state index contributed by atoms with van der Waals surface area (Å²) in [5, 5.41) is 10.0. The predicted molar refractivity (Wildman–Crippen MR) is 80.1 cm³/mol. The molecule has 7 heteroatoms. The van der Waals surface area contributed by atoms with Crippen molar-refractivity contribution in [1.29, 1.82) is 0 Å². The van der Waals surface area contributed by atoms with Crippen molar-refractivity contribution in [1.82, 2.24) is 9.71 Å². The van der Waals surface area contributed by atoms with E-state index in [1.165, 1.54) is 12.3 Å². The van der Waals surface area contributed by atoms with Crippen molar-refractivity contribution in [3.63, 3.8) is 0 Å². The summed E-state index contributed by atoms with van der Waals surface area (Å²) in [6.07, 6.45) is 3.72. The molecule has 1 fully saturated rings. The van der Waals surface area contributed by atoms with E-state index in [1.54, 1.807) is 18.2 Å². The van der Waals surface area contributed by atoms with Crippen molar-refractivity contribution in [3.05, 3.63) is 30.5 Å². The van der Waals surface area contributed by atoms with Crippen LogP contribution in [0.3, 0.4) is 0 Å². The molecule has 6 nitrogen and oxygen atoms in total. The number of sulfonamides is 1. The van der Waals surface area contributed by atoms with Gasteiger partial charge in [-0.05, 0) is 43.5 Å². The summed E-state index contributed by atoms with van der Waals surface area (Å²) in [4.78, 5) is 4.24. The van der Waals surface area contributed by atoms with Gasteiger partial charge in [0.25, 0.3) is 0 Å². The van der Waals surface area contributed by atoms with E-state index in [9.17, 15) is 13.5 Å². The van der Waals surface area contributed by atoms with E-state index in [2.05, 4.69) is 9.71 Å². The largest absolute Gasteiger partial charge is 0.398 e. The first kappa shape index (κ1) is 14.2. The van der Waals surface area contributed by atoms with Crippen LogP contribution in [0.15, 0.2) is 35.4 Å². The minimum Gasteiger partial charge on any atom is -0.398 e. The molecule has 1 saturated carbocycles. The molecule has 0 atom stereocenters. The number of nitrogens with two attached hydrogens (primary N) is 1. The molecule has 1 aromatic carbocycles. The Bertz CT molecular complexity index is 780. The molecule has 2 aromatic rings. The molecular formula is C14H17N3O3S. The number of nitrogen functional groups attached to an aromatic ring is 1. The van der Waals surface area contributed by atoms with E-state index >= 15 is 0 Å². The third-order valence-electron chi connectivity index (χ3n) is 4.02. The topological polar surface area (TPSA) is 105 Å². The second-order valence-corrected chi connectivity index (χ2v) is 7.10.